The third-order valence-corrected chi connectivity index (χ3v) is 8.46. The van der Waals surface area contributed by atoms with Crippen molar-refractivity contribution in [2.24, 2.45) is 29.6 Å². The average molecular weight is 349 g/mol. The van der Waals surface area contributed by atoms with E-state index < -0.39 is 0 Å². The van der Waals surface area contributed by atoms with E-state index in [1.165, 1.54) is 32.4 Å². The van der Waals surface area contributed by atoms with Gasteiger partial charge >= 0.3 is 5.97 Å². The van der Waals surface area contributed by atoms with Crippen molar-refractivity contribution in [2.45, 2.75) is 76.6 Å². The quantitative estimate of drug-likeness (QED) is 0.612. The summed E-state index contributed by atoms with van der Waals surface area (Å²) in [5, 5.41) is 0. The van der Waals surface area contributed by atoms with Gasteiger partial charge in [0.25, 0.3) is 0 Å². The van der Waals surface area contributed by atoms with Gasteiger partial charge in [0, 0.05) is 17.8 Å². The molecule has 4 heteroatoms. The van der Waals surface area contributed by atoms with E-state index in [0.29, 0.717) is 17.8 Å². The molecule has 2 saturated carbocycles. The molecular formula is C21H34NO3+. The molecule has 1 unspecified atom stereocenters. The summed E-state index contributed by atoms with van der Waals surface area (Å²) in [4.78, 5) is 14.7. The average Bonchev–Trinajstić information content (AvgIpc) is 3.19. The van der Waals surface area contributed by atoms with Crippen molar-refractivity contribution in [1.82, 2.24) is 0 Å². The Morgan fingerprint density at radius 2 is 2.00 bits per heavy atom. The summed E-state index contributed by atoms with van der Waals surface area (Å²) in [5.41, 5.74) is -0.319. The molecule has 1 spiro atoms. The minimum absolute atomic E-state index is 0.0204. The number of fused-ring (bicyclic) bond motifs is 1. The van der Waals surface area contributed by atoms with Gasteiger partial charge < -0.3 is 14.4 Å². The third kappa shape index (κ3) is 2.29. The summed E-state index contributed by atoms with van der Waals surface area (Å²) in [7, 11) is 0. The molecule has 140 valence electrons. The van der Waals surface area contributed by atoms with E-state index in [1.54, 1.807) is 4.90 Å². The smallest absolute Gasteiger partial charge is 0.315 e. The van der Waals surface area contributed by atoms with Crippen LogP contribution in [0.5, 0.6) is 0 Å². The zero-order chi connectivity index (χ0) is 17.4. The molecule has 5 aliphatic rings. The fourth-order valence-electron chi connectivity index (χ4n) is 7.18. The Kier molecular flexibility index (Phi) is 3.61. The lowest BCUT2D eigenvalue weighted by molar-refractivity contribution is -0.911. The van der Waals surface area contributed by atoms with Crippen LogP contribution in [0.1, 0.15) is 59.3 Å². The van der Waals surface area contributed by atoms with Gasteiger partial charge in [-0.3, -0.25) is 4.79 Å². The van der Waals surface area contributed by atoms with Gasteiger partial charge in [-0.15, -0.1) is 0 Å². The van der Waals surface area contributed by atoms with E-state index in [0.717, 1.165) is 31.7 Å². The molecule has 25 heavy (non-hydrogen) atoms. The fourth-order valence-corrected chi connectivity index (χ4v) is 7.18. The molecule has 4 nitrogen and oxygen atoms in total. The molecule has 1 N–H and O–H groups in total. The summed E-state index contributed by atoms with van der Waals surface area (Å²) < 4.78 is 12.6. The van der Waals surface area contributed by atoms with Crippen LogP contribution in [0, 0.1) is 29.6 Å². The third-order valence-electron chi connectivity index (χ3n) is 8.46. The Labute approximate surface area is 151 Å². The molecule has 0 bridgehead atoms. The minimum Gasteiger partial charge on any atom is -0.455 e. The highest BCUT2D eigenvalue weighted by Crippen LogP contribution is 2.66. The first kappa shape index (κ1) is 16.6. The number of carbonyl (C=O) groups is 1. The molecule has 3 aliphatic heterocycles. The van der Waals surface area contributed by atoms with E-state index in [-0.39, 0.29) is 29.2 Å². The van der Waals surface area contributed by atoms with Crippen molar-refractivity contribution in [1.29, 1.82) is 0 Å². The fraction of sp³-hybridized carbons (Fsp3) is 0.952. The number of nitrogens with one attached hydrogen (secondary N) is 1. The lowest BCUT2D eigenvalue weighted by Gasteiger charge is -2.50. The zero-order valence-corrected chi connectivity index (χ0v) is 16.1. The molecular weight excluding hydrogens is 314 g/mol. The maximum Gasteiger partial charge on any atom is 0.315 e. The first-order chi connectivity index (χ1) is 11.9. The SMILES string of the molecule is C[C@H]1CCC[NH+](C[C@@H]2C(=O)O[C@@]34[C@@H](CC[C@@]5(C)O[C@@H]35)[C@H](C)CC[C@@H]24)C1. The molecule has 0 aromatic heterocycles. The topological polar surface area (TPSA) is 43.3 Å². The van der Waals surface area contributed by atoms with Crippen LogP contribution in [0.3, 0.4) is 0 Å². The van der Waals surface area contributed by atoms with Gasteiger partial charge in [-0.25, -0.2) is 0 Å². The van der Waals surface area contributed by atoms with Crippen molar-refractivity contribution in [2.75, 3.05) is 19.6 Å². The lowest BCUT2D eigenvalue weighted by Crippen LogP contribution is -3.14. The van der Waals surface area contributed by atoms with Crippen molar-refractivity contribution >= 4 is 5.97 Å². The molecule has 0 amide bonds. The summed E-state index contributed by atoms with van der Waals surface area (Å²) in [6, 6.07) is 0. The van der Waals surface area contributed by atoms with Gasteiger partial charge in [0.05, 0.1) is 25.2 Å². The van der Waals surface area contributed by atoms with Crippen LogP contribution in [-0.2, 0) is 14.3 Å². The van der Waals surface area contributed by atoms with Gasteiger partial charge in [0.2, 0.25) is 0 Å². The van der Waals surface area contributed by atoms with Gasteiger partial charge in [0.15, 0.2) is 0 Å². The highest BCUT2D eigenvalue weighted by Gasteiger charge is 2.77. The normalized spacial score (nSPS) is 57.2. The number of rotatable bonds is 2. The second kappa shape index (κ2) is 5.45. The zero-order valence-electron chi connectivity index (χ0n) is 16.1. The number of piperidine rings is 1. The van der Waals surface area contributed by atoms with Gasteiger partial charge in [-0.2, -0.15) is 0 Å². The largest absolute Gasteiger partial charge is 0.455 e. The van der Waals surface area contributed by atoms with Crippen LogP contribution >= 0.6 is 0 Å². The Balaban J connectivity index is 1.43. The number of esters is 1. The Morgan fingerprint density at radius 3 is 2.80 bits per heavy atom. The van der Waals surface area contributed by atoms with Crippen molar-refractivity contribution < 1.29 is 19.2 Å². The molecule has 0 aromatic rings. The molecule has 3 heterocycles. The molecule has 3 saturated heterocycles. The number of hydrogen-bond donors (Lipinski definition) is 1. The van der Waals surface area contributed by atoms with Crippen LogP contribution in [0.4, 0.5) is 0 Å². The molecule has 0 aromatic carbocycles. The number of epoxide rings is 1. The second-order valence-electron chi connectivity index (χ2n) is 10.2. The number of hydrogen-bond acceptors (Lipinski definition) is 3. The summed E-state index contributed by atoms with van der Waals surface area (Å²) >= 11 is 0. The van der Waals surface area contributed by atoms with Crippen LogP contribution in [0.25, 0.3) is 0 Å². The summed E-state index contributed by atoms with van der Waals surface area (Å²) in [6.45, 7) is 10.4. The van der Waals surface area contributed by atoms with E-state index in [1.807, 2.05) is 0 Å². The number of quaternary nitrogens is 1. The van der Waals surface area contributed by atoms with Crippen LogP contribution in [0.2, 0.25) is 0 Å². The highest BCUT2D eigenvalue weighted by molar-refractivity contribution is 5.77. The minimum atomic E-state index is -0.298. The van der Waals surface area contributed by atoms with E-state index in [4.69, 9.17) is 9.47 Å². The van der Waals surface area contributed by atoms with Gasteiger partial charge in [0.1, 0.15) is 17.6 Å². The number of carbonyl (C=O) groups excluding carboxylic acids is 1. The summed E-state index contributed by atoms with van der Waals surface area (Å²) in [5.74, 6) is 2.53. The predicted molar refractivity (Wildman–Crippen MR) is 94.2 cm³/mol. The van der Waals surface area contributed by atoms with Crippen molar-refractivity contribution in [3.63, 3.8) is 0 Å². The Morgan fingerprint density at radius 1 is 1.16 bits per heavy atom. The van der Waals surface area contributed by atoms with Crippen LogP contribution < -0.4 is 4.90 Å². The van der Waals surface area contributed by atoms with E-state index in [9.17, 15) is 4.79 Å². The van der Waals surface area contributed by atoms with Gasteiger partial charge in [-0.1, -0.05) is 13.8 Å². The predicted octanol–water partition coefficient (Wildman–Crippen LogP) is 1.83. The van der Waals surface area contributed by atoms with E-state index in [2.05, 4.69) is 20.8 Å². The Hall–Kier alpha value is -0.610. The lowest BCUT2D eigenvalue weighted by atomic mass is 9.55. The molecule has 5 fully saturated rings. The molecule has 9 atom stereocenters. The second-order valence-corrected chi connectivity index (χ2v) is 10.2. The summed E-state index contributed by atoms with van der Waals surface area (Å²) in [6.07, 6.45) is 7.51. The van der Waals surface area contributed by atoms with Crippen molar-refractivity contribution in [3.05, 3.63) is 0 Å². The molecule has 2 aliphatic carbocycles. The first-order valence-corrected chi connectivity index (χ1v) is 10.7. The van der Waals surface area contributed by atoms with Gasteiger partial charge in [-0.05, 0) is 51.4 Å². The first-order valence-electron chi connectivity index (χ1n) is 10.7. The molecule has 5 rings (SSSR count). The maximum absolute atomic E-state index is 13.0. The monoisotopic (exact) mass is 348 g/mol. The highest BCUT2D eigenvalue weighted by atomic mass is 16.7. The number of likely N-dealkylation sites (tertiary alicyclic amines) is 1. The maximum atomic E-state index is 13.0. The van der Waals surface area contributed by atoms with Crippen LogP contribution in [0.15, 0.2) is 0 Å². The standard InChI is InChI=1S/C21H33NO3/c1-13-5-4-10-22(11-13)12-15-17-7-6-14(2)16-8-9-20(3)19(25-20)21(16,17)24-18(15)23/h13-17,19H,4-12H2,1-3H3/p+1/t13-,14+,15-,16-,17-,19+,20+,21+/m0/s1. The molecule has 0 radical (unpaired) electrons. The number of ether oxygens (including phenoxy) is 2. The van der Waals surface area contributed by atoms with Crippen molar-refractivity contribution in [3.8, 4) is 0 Å². The van der Waals surface area contributed by atoms with Crippen LogP contribution in [-0.4, -0.2) is 42.9 Å². The van der Waals surface area contributed by atoms with E-state index >= 15 is 0 Å². The Bertz CT molecular complexity index is 579.